The Kier molecular flexibility index (Phi) is 5.85. The van der Waals surface area contributed by atoms with Gasteiger partial charge in [0.05, 0.1) is 0 Å². The Hall–Kier alpha value is -2.04. The topological polar surface area (TPSA) is 67.4 Å². The van der Waals surface area contributed by atoms with Gasteiger partial charge >= 0.3 is 0 Å². The molecule has 0 unspecified atom stereocenters. The highest BCUT2D eigenvalue weighted by Gasteiger charge is 2.04. The fourth-order valence-corrected chi connectivity index (χ4v) is 1.38. The molecule has 5 heteroatoms. The molecular weight excluding hydrogens is 244 g/mol. The molecule has 2 amide bonds. The minimum Gasteiger partial charge on any atom is -0.484 e. The van der Waals surface area contributed by atoms with Crippen LogP contribution in [0, 0.1) is 5.92 Å². The Bertz CT molecular complexity index is 444. The van der Waals surface area contributed by atoms with E-state index < -0.39 is 0 Å². The van der Waals surface area contributed by atoms with Crippen molar-refractivity contribution in [2.45, 2.75) is 20.8 Å². The molecule has 0 aliphatic rings. The SMILES string of the molecule is CC(=O)Nc1cccc(OCC(=O)NCC(C)C)c1. The smallest absolute Gasteiger partial charge is 0.257 e. The van der Waals surface area contributed by atoms with E-state index >= 15 is 0 Å². The number of hydrogen-bond acceptors (Lipinski definition) is 3. The van der Waals surface area contributed by atoms with Crippen molar-refractivity contribution in [2.75, 3.05) is 18.5 Å². The lowest BCUT2D eigenvalue weighted by Gasteiger charge is -2.10. The Morgan fingerprint density at radius 1 is 1.32 bits per heavy atom. The quantitative estimate of drug-likeness (QED) is 0.823. The van der Waals surface area contributed by atoms with E-state index in [9.17, 15) is 9.59 Å². The number of amides is 2. The standard InChI is InChI=1S/C14H20N2O3/c1-10(2)8-15-14(18)9-19-13-6-4-5-12(7-13)16-11(3)17/h4-7,10H,8-9H2,1-3H3,(H,15,18)(H,16,17). The highest BCUT2D eigenvalue weighted by molar-refractivity contribution is 5.88. The molecule has 0 fully saturated rings. The molecule has 1 rings (SSSR count). The van der Waals surface area contributed by atoms with Gasteiger partial charge in [-0.05, 0) is 18.1 Å². The normalized spacial score (nSPS) is 10.1. The first-order valence-corrected chi connectivity index (χ1v) is 6.24. The second-order valence-corrected chi connectivity index (χ2v) is 4.70. The summed E-state index contributed by atoms with van der Waals surface area (Å²) in [5, 5.41) is 5.42. The number of anilines is 1. The maximum absolute atomic E-state index is 11.5. The molecule has 0 atom stereocenters. The molecule has 0 aromatic heterocycles. The van der Waals surface area contributed by atoms with E-state index in [1.807, 2.05) is 13.8 Å². The average Bonchev–Trinajstić information content (AvgIpc) is 2.33. The van der Waals surface area contributed by atoms with Crippen LogP contribution in [-0.2, 0) is 9.59 Å². The Balaban J connectivity index is 2.44. The first-order chi connectivity index (χ1) is 8.97. The molecule has 5 nitrogen and oxygen atoms in total. The number of hydrogen-bond donors (Lipinski definition) is 2. The zero-order valence-corrected chi connectivity index (χ0v) is 11.5. The first-order valence-electron chi connectivity index (χ1n) is 6.24. The number of carbonyl (C=O) groups is 2. The van der Waals surface area contributed by atoms with Gasteiger partial charge in [0.2, 0.25) is 5.91 Å². The summed E-state index contributed by atoms with van der Waals surface area (Å²) in [6.07, 6.45) is 0. The van der Waals surface area contributed by atoms with Crippen LogP contribution in [0.5, 0.6) is 5.75 Å². The number of carbonyl (C=O) groups excluding carboxylic acids is 2. The Morgan fingerprint density at radius 2 is 2.05 bits per heavy atom. The molecule has 0 saturated carbocycles. The second-order valence-electron chi connectivity index (χ2n) is 4.70. The van der Waals surface area contributed by atoms with Crippen LogP contribution in [0.1, 0.15) is 20.8 Å². The number of rotatable bonds is 6. The van der Waals surface area contributed by atoms with Crippen molar-refractivity contribution in [1.82, 2.24) is 5.32 Å². The maximum Gasteiger partial charge on any atom is 0.257 e. The molecule has 0 heterocycles. The largest absolute Gasteiger partial charge is 0.484 e. The van der Waals surface area contributed by atoms with E-state index in [2.05, 4.69) is 10.6 Å². The van der Waals surface area contributed by atoms with Crippen LogP contribution >= 0.6 is 0 Å². The summed E-state index contributed by atoms with van der Waals surface area (Å²) in [5.74, 6) is 0.656. The Labute approximate surface area is 113 Å². The number of nitrogens with one attached hydrogen (secondary N) is 2. The monoisotopic (exact) mass is 264 g/mol. The molecule has 19 heavy (non-hydrogen) atoms. The third-order valence-corrected chi connectivity index (χ3v) is 2.23. The first kappa shape index (κ1) is 15.0. The maximum atomic E-state index is 11.5. The summed E-state index contributed by atoms with van der Waals surface area (Å²) in [4.78, 5) is 22.4. The van der Waals surface area contributed by atoms with Crippen LogP contribution in [-0.4, -0.2) is 25.0 Å². The van der Waals surface area contributed by atoms with Crippen molar-refractivity contribution < 1.29 is 14.3 Å². The third-order valence-electron chi connectivity index (χ3n) is 2.23. The second kappa shape index (κ2) is 7.41. The van der Waals surface area contributed by atoms with Crippen molar-refractivity contribution in [3.05, 3.63) is 24.3 Å². The molecule has 0 spiro atoms. The summed E-state index contributed by atoms with van der Waals surface area (Å²) in [6, 6.07) is 6.93. The van der Waals surface area contributed by atoms with Gasteiger partial charge in [-0.3, -0.25) is 9.59 Å². The van der Waals surface area contributed by atoms with E-state index in [1.165, 1.54) is 6.92 Å². The minimum atomic E-state index is -0.154. The van der Waals surface area contributed by atoms with Crippen LogP contribution in [0.25, 0.3) is 0 Å². The van der Waals surface area contributed by atoms with Crippen LogP contribution in [0.15, 0.2) is 24.3 Å². The van der Waals surface area contributed by atoms with Crippen molar-refractivity contribution in [3.63, 3.8) is 0 Å². The van der Waals surface area contributed by atoms with Crippen LogP contribution in [0.2, 0.25) is 0 Å². The molecule has 0 saturated heterocycles. The van der Waals surface area contributed by atoms with E-state index in [0.717, 1.165) is 0 Å². The molecule has 2 N–H and O–H groups in total. The Morgan fingerprint density at radius 3 is 2.68 bits per heavy atom. The van der Waals surface area contributed by atoms with Crippen molar-refractivity contribution in [1.29, 1.82) is 0 Å². The van der Waals surface area contributed by atoms with E-state index in [0.29, 0.717) is 23.9 Å². The zero-order valence-electron chi connectivity index (χ0n) is 11.5. The van der Waals surface area contributed by atoms with Gasteiger partial charge < -0.3 is 15.4 Å². The molecule has 0 aliphatic heterocycles. The van der Waals surface area contributed by atoms with Crippen LogP contribution < -0.4 is 15.4 Å². The van der Waals surface area contributed by atoms with Gasteiger partial charge in [-0.15, -0.1) is 0 Å². The van der Waals surface area contributed by atoms with E-state index in [-0.39, 0.29) is 18.4 Å². The summed E-state index contributed by atoms with van der Waals surface area (Å²) < 4.78 is 5.36. The highest BCUT2D eigenvalue weighted by atomic mass is 16.5. The molecule has 1 aromatic rings. The van der Waals surface area contributed by atoms with Gasteiger partial charge in [-0.25, -0.2) is 0 Å². The fourth-order valence-electron chi connectivity index (χ4n) is 1.38. The van der Waals surface area contributed by atoms with E-state index in [1.54, 1.807) is 24.3 Å². The molecular formula is C14H20N2O3. The number of benzene rings is 1. The lowest BCUT2D eigenvalue weighted by Crippen LogP contribution is -2.31. The zero-order chi connectivity index (χ0) is 14.3. The molecule has 0 radical (unpaired) electrons. The van der Waals surface area contributed by atoms with Gasteiger partial charge in [0, 0.05) is 25.2 Å². The van der Waals surface area contributed by atoms with Crippen molar-refractivity contribution in [3.8, 4) is 5.75 Å². The van der Waals surface area contributed by atoms with Crippen LogP contribution in [0.4, 0.5) is 5.69 Å². The van der Waals surface area contributed by atoms with Gasteiger partial charge in [-0.1, -0.05) is 19.9 Å². The van der Waals surface area contributed by atoms with Gasteiger partial charge in [0.15, 0.2) is 6.61 Å². The highest BCUT2D eigenvalue weighted by Crippen LogP contribution is 2.17. The van der Waals surface area contributed by atoms with E-state index in [4.69, 9.17) is 4.74 Å². The molecule has 1 aromatic carbocycles. The summed E-state index contributed by atoms with van der Waals surface area (Å²) >= 11 is 0. The summed E-state index contributed by atoms with van der Waals surface area (Å²) in [6.45, 7) is 6.09. The van der Waals surface area contributed by atoms with Crippen LogP contribution in [0.3, 0.4) is 0 Å². The summed E-state index contributed by atoms with van der Waals surface area (Å²) in [7, 11) is 0. The average molecular weight is 264 g/mol. The summed E-state index contributed by atoms with van der Waals surface area (Å²) in [5.41, 5.74) is 0.646. The van der Waals surface area contributed by atoms with Gasteiger partial charge in [-0.2, -0.15) is 0 Å². The predicted molar refractivity (Wildman–Crippen MR) is 74.1 cm³/mol. The third kappa shape index (κ3) is 6.45. The molecule has 0 aliphatic carbocycles. The minimum absolute atomic E-state index is 0.0315. The fraction of sp³-hybridized carbons (Fsp3) is 0.429. The lowest BCUT2D eigenvalue weighted by molar-refractivity contribution is -0.123. The van der Waals surface area contributed by atoms with Gasteiger partial charge in [0.25, 0.3) is 5.91 Å². The molecule has 104 valence electrons. The van der Waals surface area contributed by atoms with Crippen molar-refractivity contribution >= 4 is 17.5 Å². The molecule has 0 bridgehead atoms. The van der Waals surface area contributed by atoms with Gasteiger partial charge in [0.1, 0.15) is 5.75 Å². The predicted octanol–water partition coefficient (Wildman–Crippen LogP) is 1.80. The lowest BCUT2D eigenvalue weighted by atomic mass is 10.2. The van der Waals surface area contributed by atoms with Crippen molar-refractivity contribution in [2.24, 2.45) is 5.92 Å². The number of ether oxygens (including phenoxy) is 1.